The summed E-state index contributed by atoms with van der Waals surface area (Å²) in [6.07, 6.45) is 0.975. The molecule has 0 radical (unpaired) electrons. The van der Waals surface area contributed by atoms with Crippen LogP contribution in [-0.4, -0.2) is 20.8 Å². The molecule has 0 spiro atoms. The van der Waals surface area contributed by atoms with E-state index in [0.717, 1.165) is 30.2 Å². The molecule has 0 saturated carbocycles. The van der Waals surface area contributed by atoms with Gasteiger partial charge in [-0.15, -0.1) is 0 Å². The van der Waals surface area contributed by atoms with Gasteiger partial charge >= 0.3 is 0 Å². The van der Waals surface area contributed by atoms with Gasteiger partial charge in [0.15, 0.2) is 11.5 Å². The average Bonchev–Trinajstić information content (AvgIpc) is 2.40. The molecule has 1 aromatic rings. The first-order valence-corrected chi connectivity index (χ1v) is 6.25. The summed E-state index contributed by atoms with van der Waals surface area (Å²) in [6, 6.07) is 4.01. The third-order valence-electron chi connectivity index (χ3n) is 2.36. The second-order valence-corrected chi connectivity index (χ2v) is 3.25. The zero-order valence-corrected chi connectivity index (χ0v) is 11.9. The quantitative estimate of drug-likeness (QED) is 0.849. The van der Waals surface area contributed by atoms with Gasteiger partial charge in [-0.25, -0.2) is 0 Å². The van der Waals surface area contributed by atoms with Gasteiger partial charge in [-0.2, -0.15) is 0 Å². The molecular weight excluding hydrogens is 214 g/mol. The lowest BCUT2D eigenvalue weighted by Gasteiger charge is -2.14. The van der Waals surface area contributed by atoms with E-state index in [1.165, 1.54) is 5.56 Å². The van der Waals surface area contributed by atoms with Crippen molar-refractivity contribution in [3.05, 3.63) is 17.7 Å². The fourth-order valence-electron chi connectivity index (χ4n) is 1.57. The molecule has 1 N–H and O–H groups in total. The SMILES string of the molecule is CC.CCNc1cc(OC)c(OC)cc1CC. The van der Waals surface area contributed by atoms with E-state index in [1.807, 2.05) is 26.0 Å². The summed E-state index contributed by atoms with van der Waals surface area (Å²) in [5.74, 6) is 1.56. The minimum Gasteiger partial charge on any atom is -0.493 e. The Morgan fingerprint density at radius 1 is 1.00 bits per heavy atom. The van der Waals surface area contributed by atoms with Gasteiger partial charge in [0.1, 0.15) is 0 Å². The van der Waals surface area contributed by atoms with Gasteiger partial charge in [0.25, 0.3) is 0 Å². The number of rotatable bonds is 5. The number of aryl methyl sites for hydroxylation is 1. The smallest absolute Gasteiger partial charge is 0.162 e. The Bertz CT molecular complexity index is 324. The van der Waals surface area contributed by atoms with Crippen molar-refractivity contribution in [1.29, 1.82) is 0 Å². The molecule has 1 aromatic carbocycles. The minimum atomic E-state index is 0.769. The number of methoxy groups -OCH3 is 2. The molecule has 17 heavy (non-hydrogen) atoms. The number of nitrogens with one attached hydrogen (secondary N) is 1. The van der Waals surface area contributed by atoms with E-state index in [2.05, 4.69) is 19.2 Å². The van der Waals surface area contributed by atoms with Crippen molar-refractivity contribution in [3.8, 4) is 11.5 Å². The second kappa shape index (κ2) is 8.74. The van der Waals surface area contributed by atoms with Crippen LogP contribution in [0.4, 0.5) is 5.69 Å². The van der Waals surface area contributed by atoms with E-state index < -0.39 is 0 Å². The molecule has 0 heterocycles. The molecule has 0 fully saturated rings. The van der Waals surface area contributed by atoms with Crippen molar-refractivity contribution >= 4 is 5.69 Å². The lowest BCUT2D eigenvalue weighted by molar-refractivity contribution is 0.355. The first-order valence-electron chi connectivity index (χ1n) is 6.25. The maximum absolute atomic E-state index is 5.26. The van der Waals surface area contributed by atoms with Crippen LogP contribution in [0.2, 0.25) is 0 Å². The predicted octanol–water partition coefficient (Wildman–Crippen LogP) is 3.72. The largest absolute Gasteiger partial charge is 0.493 e. The lowest BCUT2D eigenvalue weighted by atomic mass is 10.1. The third-order valence-corrected chi connectivity index (χ3v) is 2.36. The highest BCUT2D eigenvalue weighted by atomic mass is 16.5. The van der Waals surface area contributed by atoms with Crippen LogP contribution in [0.15, 0.2) is 12.1 Å². The summed E-state index contributed by atoms with van der Waals surface area (Å²) >= 11 is 0. The fraction of sp³-hybridized carbons (Fsp3) is 0.571. The van der Waals surface area contributed by atoms with Crippen LogP contribution >= 0.6 is 0 Å². The summed E-state index contributed by atoms with van der Waals surface area (Å²) in [7, 11) is 3.31. The summed E-state index contributed by atoms with van der Waals surface area (Å²) in [6.45, 7) is 9.11. The molecule has 0 aliphatic carbocycles. The highest BCUT2D eigenvalue weighted by Gasteiger charge is 2.08. The third kappa shape index (κ3) is 4.17. The van der Waals surface area contributed by atoms with E-state index in [0.29, 0.717) is 0 Å². The van der Waals surface area contributed by atoms with Crippen LogP contribution in [-0.2, 0) is 6.42 Å². The summed E-state index contributed by atoms with van der Waals surface area (Å²) in [5, 5.41) is 3.32. The van der Waals surface area contributed by atoms with Crippen molar-refractivity contribution in [2.75, 3.05) is 26.1 Å². The molecule has 3 nitrogen and oxygen atoms in total. The van der Waals surface area contributed by atoms with Crippen LogP contribution in [0.1, 0.15) is 33.3 Å². The first kappa shape index (κ1) is 15.6. The van der Waals surface area contributed by atoms with Gasteiger partial charge in [-0.05, 0) is 25.0 Å². The Balaban J connectivity index is 0.00000121. The Morgan fingerprint density at radius 3 is 1.94 bits per heavy atom. The molecular formula is C14H25NO2. The van der Waals surface area contributed by atoms with Crippen LogP contribution < -0.4 is 14.8 Å². The summed E-state index contributed by atoms with van der Waals surface area (Å²) < 4.78 is 10.5. The molecule has 0 unspecified atom stereocenters. The van der Waals surface area contributed by atoms with E-state index >= 15 is 0 Å². The molecule has 0 aliphatic rings. The molecule has 0 aromatic heterocycles. The van der Waals surface area contributed by atoms with Crippen molar-refractivity contribution in [1.82, 2.24) is 0 Å². The van der Waals surface area contributed by atoms with Gasteiger partial charge in [0.05, 0.1) is 14.2 Å². The topological polar surface area (TPSA) is 30.5 Å². The highest BCUT2D eigenvalue weighted by Crippen LogP contribution is 2.33. The number of hydrogen-bond acceptors (Lipinski definition) is 3. The monoisotopic (exact) mass is 239 g/mol. The Labute approximate surface area is 105 Å². The Hall–Kier alpha value is -1.38. The lowest BCUT2D eigenvalue weighted by Crippen LogP contribution is -2.02. The van der Waals surface area contributed by atoms with Gasteiger partial charge in [0.2, 0.25) is 0 Å². The van der Waals surface area contributed by atoms with Crippen LogP contribution in [0, 0.1) is 0 Å². The molecule has 0 aliphatic heterocycles. The zero-order valence-electron chi connectivity index (χ0n) is 11.9. The molecule has 0 atom stereocenters. The number of benzene rings is 1. The van der Waals surface area contributed by atoms with Crippen molar-refractivity contribution < 1.29 is 9.47 Å². The second-order valence-electron chi connectivity index (χ2n) is 3.25. The van der Waals surface area contributed by atoms with Gasteiger partial charge < -0.3 is 14.8 Å². The predicted molar refractivity (Wildman–Crippen MR) is 74.4 cm³/mol. The van der Waals surface area contributed by atoms with Crippen molar-refractivity contribution in [2.24, 2.45) is 0 Å². The molecule has 0 bridgehead atoms. The van der Waals surface area contributed by atoms with Gasteiger partial charge in [-0.1, -0.05) is 20.8 Å². The molecule has 3 heteroatoms. The van der Waals surface area contributed by atoms with Crippen LogP contribution in [0.5, 0.6) is 11.5 Å². The zero-order chi connectivity index (χ0) is 13.3. The molecule has 0 saturated heterocycles. The van der Waals surface area contributed by atoms with Crippen LogP contribution in [0.3, 0.4) is 0 Å². The van der Waals surface area contributed by atoms with E-state index in [1.54, 1.807) is 14.2 Å². The average molecular weight is 239 g/mol. The fourth-order valence-corrected chi connectivity index (χ4v) is 1.57. The van der Waals surface area contributed by atoms with Crippen molar-refractivity contribution in [2.45, 2.75) is 34.1 Å². The number of ether oxygens (including phenoxy) is 2. The van der Waals surface area contributed by atoms with E-state index in [9.17, 15) is 0 Å². The summed E-state index contributed by atoms with van der Waals surface area (Å²) in [5.41, 5.74) is 2.37. The highest BCUT2D eigenvalue weighted by molar-refractivity contribution is 5.60. The first-order chi connectivity index (χ1) is 8.26. The van der Waals surface area contributed by atoms with Crippen LogP contribution in [0.25, 0.3) is 0 Å². The van der Waals surface area contributed by atoms with E-state index in [-0.39, 0.29) is 0 Å². The molecule has 1 rings (SSSR count). The number of hydrogen-bond donors (Lipinski definition) is 1. The molecule has 98 valence electrons. The van der Waals surface area contributed by atoms with E-state index in [4.69, 9.17) is 9.47 Å². The van der Waals surface area contributed by atoms with Crippen molar-refractivity contribution in [3.63, 3.8) is 0 Å². The maximum Gasteiger partial charge on any atom is 0.162 e. The number of anilines is 1. The Kier molecular flexibility index (Phi) is 8.03. The Morgan fingerprint density at radius 2 is 1.53 bits per heavy atom. The summed E-state index contributed by atoms with van der Waals surface area (Å²) in [4.78, 5) is 0. The minimum absolute atomic E-state index is 0.769. The van der Waals surface area contributed by atoms with Gasteiger partial charge in [-0.3, -0.25) is 0 Å². The normalized spacial score (nSPS) is 9.06. The molecule has 0 amide bonds. The standard InChI is InChI=1S/C12H19NO2.C2H6/c1-5-9-7-11(14-3)12(15-4)8-10(9)13-6-2;1-2/h7-8,13H,5-6H2,1-4H3;1-2H3. The van der Waals surface area contributed by atoms with Gasteiger partial charge in [0, 0.05) is 18.3 Å². The maximum atomic E-state index is 5.26.